The van der Waals surface area contributed by atoms with E-state index in [1.807, 2.05) is 18.2 Å². The highest BCUT2D eigenvalue weighted by Gasteiger charge is 2.45. The van der Waals surface area contributed by atoms with E-state index in [0.29, 0.717) is 41.0 Å². The number of pyridine rings is 2. The number of hydrogen-bond donors (Lipinski definition) is 2. The van der Waals surface area contributed by atoms with Crippen LogP contribution < -0.4 is 25.7 Å². The Morgan fingerprint density at radius 3 is 2.43 bits per heavy atom. The van der Waals surface area contributed by atoms with Crippen LogP contribution in [-0.2, 0) is 27.9 Å². The average Bonchev–Trinajstić information content (AvgIpc) is 3.41. The number of carbonyl (C=O) groups excluding carboxylic acids is 5. The summed E-state index contributed by atoms with van der Waals surface area (Å²) >= 11 is 0. The number of rotatable bonds is 16. The number of amides is 5. The first-order valence-corrected chi connectivity index (χ1v) is 18.0. The lowest BCUT2D eigenvalue weighted by atomic mass is 9.97. The lowest BCUT2D eigenvalue weighted by molar-refractivity contribution is -0.136. The molecule has 4 aromatic rings. The van der Waals surface area contributed by atoms with Gasteiger partial charge in [-0.15, -0.1) is 0 Å². The molecule has 0 saturated carbocycles. The number of ether oxygens (including phenoxy) is 2. The number of unbranched alkanes of at least 4 members (excludes halogenated alkanes) is 6. The third-order valence-electron chi connectivity index (χ3n) is 9.78. The lowest BCUT2D eigenvalue weighted by Crippen LogP contribution is -2.54. The van der Waals surface area contributed by atoms with Crippen LogP contribution in [0.25, 0.3) is 21.9 Å². The summed E-state index contributed by atoms with van der Waals surface area (Å²) in [5, 5.41) is 6.41. The molecule has 1 atom stereocenters. The van der Waals surface area contributed by atoms with E-state index >= 15 is 0 Å². The molecule has 0 spiro atoms. The highest BCUT2D eigenvalue weighted by molar-refractivity contribution is 6.24. The SMILES string of the molecule is COc1cc(OCC(=O)NCCCCCCCCCc2cccc3c2C(=O)N(C2CCC(=O)NC2=O)C3=O)cc(-c2cn(C)c(=O)c3cnccc23)c1. The standard InChI is InChI=1S/C40H43N5O8/c1-44-23-32(29-16-18-41-22-31(29)38(44)49)26-19-27(52-2)21-28(20-26)53-24-35(47)42-17-9-7-5-3-4-6-8-11-25-12-10-13-30-36(25)40(51)45(39(30)50)33-14-15-34(46)43-37(33)48/h10,12-13,16,18-23,33H,3-9,11,14-15,17,24H2,1-2H3,(H,42,47)(H,43,46,48). The molecule has 1 fully saturated rings. The van der Waals surface area contributed by atoms with Crippen molar-refractivity contribution in [2.75, 3.05) is 20.3 Å². The van der Waals surface area contributed by atoms with Crippen molar-refractivity contribution in [1.82, 2.24) is 25.1 Å². The monoisotopic (exact) mass is 721 g/mol. The maximum atomic E-state index is 13.3. The molecule has 0 bridgehead atoms. The first kappa shape index (κ1) is 36.9. The van der Waals surface area contributed by atoms with Crippen LogP contribution in [0.3, 0.4) is 0 Å². The smallest absolute Gasteiger partial charge is 0.262 e. The molecule has 4 heterocycles. The minimum Gasteiger partial charge on any atom is -0.497 e. The van der Waals surface area contributed by atoms with E-state index in [2.05, 4.69) is 15.6 Å². The fraction of sp³-hybridized carbons (Fsp3) is 0.375. The van der Waals surface area contributed by atoms with E-state index in [9.17, 15) is 28.8 Å². The fourth-order valence-electron chi connectivity index (χ4n) is 7.02. The van der Waals surface area contributed by atoms with Crippen LogP contribution in [0.5, 0.6) is 11.5 Å². The van der Waals surface area contributed by atoms with Gasteiger partial charge in [0.05, 0.1) is 23.6 Å². The van der Waals surface area contributed by atoms with E-state index < -0.39 is 29.7 Å². The second-order valence-electron chi connectivity index (χ2n) is 13.4. The number of methoxy groups -OCH3 is 1. The van der Waals surface area contributed by atoms with Gasteiger partial charge in [-0.1, -0.05) is 44.2 Å². The molecule has 0 radical (unpaired) electrons. The van der Waals surface area contributed by atoms with Gasteiger partial charge in [0.2, 0.25) is 11.8 Å². The molecule has 2 aromatic carbocycles. The van der Waals surface area contributed by atoms with Crippen molar-refractivity contribution in [2.45, 2.75) is 70.3 Å². The molecule has 6 rings (SSSR count). The normalized spacial score (nSPS) is 15.4. The largest absolute Gasteiger partial charge is 0.497 e. The van der Waals surface area contributed by atoms with Crippen LogP contribution in [0.2, 0.25) is 0 Å². The van der Waals surface area contributed by atoms with Gasteiger partial charge in [-0.05, 0) is 66.5 Å². The second-order valence-corrected chi connectivity index (χ2v) is 13.4. The molecular formula is C40H43N5O8. The molecule has 2 aromatic heterocycles. The lowest BCUT2D eigenvalue weighted by Gasteiger charge is -2.27. The van der Waals surface area contributed by atoms with Crippen LogP contribution in [-0.4, -0.2) is 70.3 Å². The molecule has 53 heavy (non-hydrogen) atoms. The Labute approximate surface area is 306 Å². The van der Waals surface area contributed by atoms with Gasteiger partial charge in [0.1, 0.15) is 17.5 Å². The molecule has 5 amide bonds. The van der Waals surface area contributed by atoms with Gasteiger partial charge in [0.15, 0.2) is 6.61 Å². The zero-order chi connectivity index (χ0) is 37.5. The second kappa shape index (κ2) is 16.7. The van der Waals surface area contributed by atoms with Gasteiger partial charge >= 0.3 is 0 Å². The number of nitrogens with zero attached hydrogens (tertiary/aromatic N) is 3. The van der Waals surface area contributed by atoms with E-state index in [-0.39, 0.29) is 30.9 Å². The maximum absolute atomic E-state index is 13.3. The number of hydrogen-bond acceptors (Lipinski definition) is 9. The van der Waals surface area contributed by atoms with E-state index in [0.717, 1.165) is 71.9 Å². The Bertz CT molecular complexity index is 2130. The van der Waals surface area contributed by atoms with Crippen molar-refractivity contribution < 1.29 is 33.4 Å². The van der Waals surface area contributed by atoms with Crippen molar-refractivity contribution in [3.63, 3.8) is 0 Å². The Morgan fingerprint density at radius 1 is 0.906 bits per heavy atom. The molecule has 1 unspecified atom stereocenters. The number of aryl methyl sites for hydroxylation is 2. The summed E-state index contributed by atoms with van der Waals surface area (Å²) in [4.78, 5) is 80.6. The summed E-state index contributed by atoms with van der Waals surface area (Å²) in [6.45, 7) is 0.398. The first-order chi connectivity index (χ1) is 25.7. The average molecular weight is 722 g/mol. The quantitative estimate of drug-likeness (QED) is 0.125. The number of imide groups is 2. The Morgan fingerprint density at radius 2 is 1.66 bits per heavy atom. The summed E-state index contributed by atoms with van der Waals surface area (Å²) in [5.74, 6) is -1.15. The third-order valence-corrected chi connectivity index (χ3v) is 9.78. The van der Waals surface area contributed by atoms with Crippen LogP contribution >= 0.6 is 0 Å². The summed E-state index contributed by atoms with van der Waals surface area (Å²) in [7, 11) is 3.25. The number of benzene rings is 2. The molecule has 0 aliphatic carbocycles. The fourth-order valence-corrected chi connectivity index (χ4v) is 7.02. The predicted octanol–water partition coefficient (Wildman–Crippen LogP) is 4.48. The van der Waals surface area contributed by atoms with Gasteiger partial charge < -0.3 is 19.4 Å². The summed E-state index contributed by atoms with van der Waals surface area (Å²) in [6, 6.07) is 11.5. The van der Waals surface area contributed by atoms with Crippen molar-refractivity contribution in [3.8, 4) is 22.6 Å². The highest BCUT2D eigenvalue weighted by Crippen LogP contribution is 2.34. The zero-order valence-corrected chi connectivity index (χ0v) is 29.9. The van der Waals surface area contributed by atoms with Crippen LogP contribution in [0.15, 0.2) is 65.8 Å². The molecule has 1 saturated heterocycles. The molecule has 13 heteroatoms. The maximum Gasteiger partial charge on any atom is 0.262 e. The van der Waals surface area contributed by atoms with Crippen LogP contribution in [0.4, 0.5) is 0 Å². The molecule has 2 aliphatic heterocycles. The Hall–Kier alpha value is -5.85. The number of carbonyl (C=O) groups is 5. The molecular weight excluding hydrogens is 678 g/mol. The molecule has 13 nitrogen and oxygen atoms in total. The minimum absolute atomic E-state index is 0.0889. The first-order valence-electron chi connectivity index (χ1n) is 18.0. The number of fused-ring (bicyclic) bond motifs is 2. The number of aromatic nitrogens is 2. The topological polar surface area (TPSA) is 166 Å². The third kappa shape index (κ3) is 8.29. The van der Waals surface area contributed by atoms with Crippen LogP contribution in [0.1, 0.15) is 84.1 Å². The van der Waals surface area contributed by atoms with Crippen molar-refractivity contribution in [1.29, 1.82) is 0 Å². The van der Waals surface area contributed by atoms with Crippen molar-refractivity contribution in [3.05, 3.63) is 88.1 Å². The van der Waals surface area contributed by atoms with Crippen LogP contribution in [0, 0.1) is 0 Å². The number of nitrogens with one attached hydrogen (secondary N) is 2. The van der Waals surface area contributed by atoms with Crippen molar-refractivity contribution >= 4 is 40.3 Å². The molecule has 276 valence electrons. The van der Waals surface area contributed by atoms with E-state index in [4.69, 9.17) is 9.47 Å². The van der Waals surface area contributed by atoms with E-state index in [1.165, 1.54) is 4.57 Å². The highest BCUT2D eigenvalue weighted by atomic mass is 16.5. The molecule has 2 aliphatic rings. The zero-order valence-electron chi connectivity index (χ0n) is 29.9. The number of piperidine rings is 1. The Balaban J connectivity index is 0.889. The summed E-state index contributed by atoms with van der Waals surface area (Å²) in [5.41, 5.74) is 2.94. The van der Waals surface area contributed by atoms with Gasteiger partial charge in [0.25, 0.3) is 23.3 Å². The molecule has 2 N–H and O–H groups in total. The summed E-state index contributed by atoms with van der Waals surface area (Å²) < 4.78 is 12.8. The van der Waals surface area contributed by atoms with Gasteiger partial charge in [-0.3, -0.25) is 44.0 Å². The summed E-state index contributed by atoms with van der Waals surface area (Å²) in [6.07, 6.45) is 12.6. The van der Waals surface area contributed by atoms with Gasteiger partial charge in [-0.2, -0.15) is 0 Å². The van der Waals surface area contributed by atoms with Crippen molar-refractivity contribution in [2.24, 2.45) is 7.05 Å². The minimum atomic E-state index is -0.970. The predicted molar refractivity (Wildman–Crippen MR) is 197 cm³/mol. The Kier molecular flexibility index (Phi) is 11.6. The van der Waals surface area contributed by atoms with E-state index in [1.54, 1.807) is 57.0 Å². The van der Waals surface area contributed by atoms with Gasteiger partial charge in [-0.25, -0.2) is 0 Å². The van der Waals surface area contributed by atoms with Gasteiger partial charge in [0, 0.05) is 50.2 Å².